The molecule has 0 radical (unpaired) electrons. The van der Waals surface area contributed by atoms with Crippen molar-refractivity contribution in [2.75, 3.05) is 0 Å². The van der Waals surface area contributed by atoms with E-state index in [-0.39, 0.29) is 0 Å². The standard InChI is InChI=1S/C16H13N2PS/c1-10-2-4-11(5-3-10)13-9-18-14-7-6-12(19)8-15(14)20-16(18)17-13/h2-9H,19H2,1H3. The van der Waals surface area contributed by atoms with Crippen molar-refractivity contribution in [2.45, 2.75) is 6.92 Å². The Labute approximate surface area is 123 Å². The smallest absolute Gasteiger partial charge is 0.195 e. The van der Waals surface area contributed by atoms with Gasteiger partial charge in [-0.15, -0.1) is 9.24 Å². The van der Waals surface area contributed by atoms with Crippen molar-refractivity contribution in [3.63, 3.8) is 0 Å². The summed E-state index contributed by atoms with van der Waals surface area (Å²) >= 11 is 1.73. The molecule has 0 saturated carbocycles. The Morgan fingerprint density at radius 2 is 1.90 bits per heavy atom. The second-order valence-electron chi connectivity index (χ2n) is 4.97. The lowest BCUT2D eigenvalue weighted by atomic mass is 10.1. The van der Waals surface area contributed by atoms with Crippen LogP contribution in [0.25, 0.3) is 26.4 Å². The van der Waals surface area contributed by atoms with Gasteiger partial charge in [-0.05, 0) is 24.4 Å². The van der Waals surface area contributed by atoms with Gasteiger partial charge in [0.2, 0.25) is 0 Å². The van der Waals surface area contributed by atoms with Crippen LogP contribution in [0, 0.1) is 6.92 Å². The Balaban J connectivity index is 1.93. The Morgan fingerprint density at radius 3 is 2.70 bits per heavy atom. The van der Waals surface area contributed by atoms with E-state index in [0.717, 1.165) is 10.7 Å². The van der Waals surface area contributed by atoms with Gasteiger partial charge in [-0.3, -0.25) is 4.40 Å². The number of fused-ring (bicyclic) bond motifs is 3. The average molecular weight is 296 g/mol. The first-order chi connectivity index (χ1) is 9.70. The molecule has 4 rings (SSSR count). The number of imidazole rings is 1. The number of hydrogen-bond acceptors (Lipinski definition) is 2. The summed E-state index contributed by atoms with van der Waals surface area (Å²) in [7, 11) is 2.74. The molecule has 0 saturated heterocycles. The van der Waals surface area contributed by atoms with Crippen LogP contribution in [0.2, 0.25) is 0 Å². The summed E-state index contributed by atoms with van der Waals surface area (Å²) in [5.41, 5.74) is 4.70. The molecule has 1 atom stereocenters. The lowest BCUT2D eigenvalue weighted by Gasteiger charge is -1.97. The third-order valence-corrected chi connectivity index (χ3v) is 4.84. The largest absolute Gasteiger partial charge is 0.290 e. The molecule has 1 unspecified atom stereocenters. The zero-order chi connectivity index (χ0) is 13.7. The van der Waals surface area contributed by atoms with Crippen LogP contribution in [-0.2, 0) is 0 Å². The molecule has 0 N–H and O–H groups in total. The fourth-order valence-corrected chi connectivity index (χ4v) is 3.82. The van der Waals surface area contributed by atoms with E-state index in [9.17, 15) is 0 Å². The maximum Gasteiger partial charge on any atom is 0.195 e. The van der Waals surface area contributed by atoms with Crippen molar-refractivity contribution in [3.8, 4) is 11.3 Å². The lowest BCUT2D eigenvalue weighted by Crippen LogP contribution is -1.87. The first-order valence-electron chi connectivity index (χ1n) is 6.45. The van der Waals surface area contributed by atoms with Crippen LogP contribution in [0.3, 0.4) is 0 Å². The minimum absolute atomic E-state index is 1.04. The second-order valence-corrected chi connectivity index (χ2v) is 6.65. The SMILES string of the molecule is Cc1ccc(-c2cn3c(n2)sc2cc(P)ccc23)cc1. The first kappa shape index (κ1) is 12.1. The summed E-state index contributed by atoms with van der Waals surface area (Å²) < 4.78 is 3.45. The van der Waals surface area contributed by atoms with Gasteiger partial charge in [0, 0.05) is 11.8 Å². The zero-order valence-corrected chi connectivity index (χ0v) is 13.0. The van der Waals surface area contributed by atoms with E-state index in [0.29, 0.717) is 0 Å². The molecule has 0 aliphatic carbocycles. The van der Waals surface area contributed by atoms with Crippen molar-refractivity contribution >= 4 is 41.1 Å². The van der Waals surface area contributed by atoms with E-state index < -0.39 is 0 Å². The van der Waals surface area contributed by atoms with Crippen LogP contribution in [0.1, 0.15) is 5.56 Å². The second kappa shape index (κ2) is 4.41. The van der Waals surface area contributed by atoms with Crippen molar-refractivity contribution < 1.29 is 0 Å². The number of hydrogen-bond donors (Lipinski definition) is 0. The van der Waals surface area contributed by atoms with E-state index in [2.05, 4.69) is 69.2 Å². The molecule has 2 nitrogen and oxygen atoms in total. The van der Waals surface area contributed by atoms with Crippen molar-refractivity contribution in [2.24, 2.45) is 0 Å². The van der Waals surface area contributed by atoms with Crippen LogP contribution in [0.15, 0.2) is 48.7 Å². The highest BCUT2D eigenvalue weighted by Gasteiger charge is 2.10. The molecule has 0 bridgehead atoms. The quantitative estimate of drug-likeness (QED) is 0.485. The minimum Gasteiger partial charge on any atom is -0.290 e. The van der Waals surface area contributed by atoms with Crippen molar-refractivity contribution in [3.05, 3.63) is 54.2 Å². The van der Waals surface area contributed by atoms with Gasteiger partial charge < -0.3 is 0 Å². The van der Waals surface area contributed by atoms with E-state index in [1.807, 2.05) is 0 Å². The molecule has 98 valence electrons. The van der Waals surface area contributed by atoms with Gasteiger partial charge in [0.15, 0.2) is 4.96 Å². The third kappa shape index (κ3) is 1.86. The molecular weight excluding hydrogens is 283 g/mol. The summed E-state index contributed by atoms with van der Waals surface area (Å²) in [5, 5.41) is 1.21. The third-order valence-electron chi connectivity index (χ3n) is 3.47. The van der Waals surface area contributed by atoms with Crippen LogP contribution < -0.4 is 5.30 Å². The highest BCUT2D eigenvalue weighted by Crippen LogP contribution is 2.29. The molecule has 0 aliphatic heterocycles. The van der Waals surface area contributed by atoms with E-state index in [1.54, 1.807) is 11.3 Å². The molecule has 0 fully saturated rings. The summed E-state index contributed by atoms with van der Waals surface area (Å²) in [4.78, 5) is 5.80. The maximum atomic E-state index is 4.75. The van der Waals surface area contributed by atoms with Crippen LogP contribution in [0.5, 0.6) is 0 Å². The van der Waals surface area contributed by atoms with Crippen LogP contribution in [-0.4, -0.2) is 9.38 Å². The molecule has 0 spiro atoms. The van der Waals surface area contributed by atoms with Crippen LogP contribution in [0.4, 0.5) is 0 Å². The van der Waals surface area contributed by atoms with E-state index in [1.165, 1.54) is 26.6 Å². The summed E-state index contributed by atoms with van der Waals surface area (Å²) in [5.74, 6) is 0. The summed E-state index contributed by atoms with van der Waals surface area (Å²) in [6, 6.07) is 15.0. The predicted octanol–water partition coefficient (Wildman–Crippen LogP) is 4.02. The number of benzene rings is 2. The predicted molar refractivity (Wildman–Crippen MR) is 90.1 cm³/mol. The average Bonchev–Trinajstić information content (AvgIpc) is 2.96. The number of nitrogens with zero attached hydrogens (tertiary/aromatic N) is 2. The van der Waals surface area contributed by atoms with Gasteiger partial charge in [-0.2, -0.15) is 0 Å². The van der Waals surface area contributed by atoms with Gasteiger partial charge in [0.25, 0.3) is 0 Å². The number of aromatic nitrogens is 2. The number of thiazole rings is 1. The molecule has 4 aromatic rings. The fourth-order valence-electron chi connectivity index (χ4n) is 2.38. The molecule has 0 amide bonds. The molecule has 2 aromatic heterocycles. The maximum absolute atomic E-state index is 4.75. The lowest BCUT2D eigenvalue weighted by molar-refractivity contribution is 1.30. The summed E-state index contributed by atoms with van der Waals surface area (Å²) in [6.45, 7) is 2.10. The van der Waals surface area contributed by atoms with Gasteiger partial charge in [0.1, 0.15) is 0 Å². The molecule has 2 aromatic carbocycles. The zero-order valence-electron chi connectivity index (χ0n) is 11.0. The summed E-state index contributed by atoms with van der Waals surface area (Å²) in [6.07, 6.45) is 2.13. The van der Waals surface area contributed by atoms with Crippen molar-refractivity contribution in [1.29, 1.82) is 0 Å². The highest BCUT2D eigenvalue weighted by molar-refractivity contribution is 7.28. The highest BCUT2D eigenvalue weighted by atomic mass is 32.1. The monoisotopic (exact) mass is 296 g/mol. The topological polar surface area (TPSA) is 17.3 Å². The van der Waals surface area contributed by atoms with E-state index >= 15 is 0 Å². The van der Waals surface area contributed by atoms with E-state index in [4.69, 9.17) is 4.98 Å². The molecule has 20 heavy (non-hydrogen) atoms. The number of rotatable bonds is 1. The molecule has 4 heteroatoms. The molecule has 0 aliphatic rings. The molecular formula is C16H13N2PS. The normalized spacial score (nSPS) is 11.5. The Kier molecular flexibility index (Phi) is 2.66. The Bertz CT molecular complexity index is 919. The van der Waals surface area contributed by atoms with Crippen LogP contribution >= 0.6 is 20.6 Å². The van der Waals surface area contributed by atoms with Crippen molar-refractivity contribution in [1.82, 2.24) is 9.38 Å². The van der Waals surface area contributed by atoms with Gasteiger partial charge in [-0.25, -0.2) is 4.98 Å². The fraction of sp³-hybridized carbons (Fsp3) is 0.0625. The molecule has 2 heterocycles. The minimum atomic E-state index is 1.04. The Morgan fingerprint density at radius 1 is 1.10 bits per heavy atom. The Hall–Kier alpha value is -1.70. The number of aryl methyl sites for hydroxylation is 1. The van der Waals surface area contributed by atoms with Gasteiger partial charge in [0.05, 0.1) is 15.9 Å². The first-order valence-corrected chi connectivity index (χ1v) is 7.84. The van der Waals surface area contributed by atoms with Gasteiger partial charge in [-0.1, -0.05) is 47.2 Å². The van der Waals surface area contributed by atoms with Gasteiger partial charge >= 0.3 is 0 Å².